The minimum atomic E-state index is -0.507. The molecule has 0 amide bonds. The van der Waals surface area contributed by atoms with Crippen molar-refractivity contribution in [3.63, 3.8) is 0 Å². The van der Waals surface area contributed by atoms with Gasteiger partial charge >= 0.3 is 0 Å². The van der Waals surface area contributed by atoms with Crippen LogP contribution in [0.3, 0.4) is 0 Å². The average Bonchev–Trinajstić information content (AvgIpc) is 2.90. The topological polar surface area (TPSA) is 35.9 Å². The first-order valence-electron chi connectivity index (χ1n) is 12.9. The molecule has 1 unspecified atom stereocenters. The smallest absolute Gasteiger partial charge is 0.119 e. The molecule has 5 heteroatoms. The van der Waals surface area contributed by atoms with Gasteiger partial charge in [0.2, 0.25) is 0 Å². The van der Waals surface area contributed by atoms with Gasteiger partial charge < -0.3 is 9.84 Å². The molecule has 1 N–H and O–H groups in total. The Labute approximate surface area is 223 Å². The van der Waals surface area contributed by atoms with Crippen molar-refractivity contribution in [2.24, 2.45) is 0 Å². The van der Waals surface area contributed by atoms with Gasteiger partial charge in [-0.2, -0.15) is 0 Å². The first kappa shape index (κ1) is 28.2. The third-order valence-corrected chi connectivity index (χ3v) is 7.43. The largest absolute Gasteiger partial charge is 0.491 e. The predicted octanol–water partition coefficient (Wildman–Crippen LogP) is 5.94. The highest BCUT2D eigenvalue weighted by Gasteiger charge is 2.27. The molecule has 4 nitrogen and oxygen atoms in total. The van der Waals surface area contributed by atoms with Crippen LogP contribution in [-0.4, -0.2) is 60.3 Å². The summed E-state index contributed by atoms with van der Waals surface area (Å²) in [7, 11) is 0. The Balaban J connectivity index is 0.00000361. The predicted molar refractivity (Wildman–Crippen MR) is 151 cm³/mol. The van der Waals surface area contributed by atoms with Gasteiger partial charge in [-0.05, 0) is 40.7 Å². The second-order valence-electron chi connectivity index (χ2n) is 10.3. The van der Waals surface area contributed by atoms with Crippen LogP contribution in [-0.2, 0) is 5.41 Å². The zero-order valence-corrected chi connectivity index (χ0v) is 22.7. The number of rotatable bonds is 10. The second kappa shape index (κ2) is 13.3. The van der Waals surface area contributed by atoms with E-state index < -0.39 is 6.10 Å². The molecule has 0 aliphatic carbocycles. The standard InChI is InChI=1S/C31H40N2O2.ClH/c1-4-31(2,3)27-15-17-29(18-16-27)35-24-28(34)23-32-19-21-33(22-20-32)30(25-11-7-5-8-12-25)26-13-9-6-10-14-26;/h5-18,28,30,34H,4,19-24H2,1-3H3;1H. The quantitative estimate of drug-likeness (QED) is 0.367. The molecule has 1 saturated heterocycles. The number of ether oxygens (including phenoxy) is 1. The Morgan fingerprint density at radius 2 is 1.33 bits per heavy atom. The second-order valence-corrected chi connectivity index (χ2v) is 10.3. The van der Waals surface area contributed by atoms with Gasteiger partial charge in [0, 0.05) is 32.7 Å². The maximum Gasteiger partial charge on any atom is 0.119 e. The summed E-state index contributed by atoms with van der Waals surface area (Å²) >= 11 is 0. The number of aliphatic hydroxyl groups excluding tert-OH is 1. The molecule has 3 aromatic rings. The van der Waals surface area contributed by atoms with Crippen LogP contribution >= 0.6 is 12.4 Å². The van der Waals surface area contributed by atoms with Gasteiger partial charge in [0.1, 0.15) is 18.5 Å². The maximum atomic E-state index is 10.6. The van der Waals surface area contributed by atoms with Crippen molar-refractivity contribution >= 4 is 12.4 Å². The fourth-order valence-corrected chi connectivity index (χ4v) is 4.84. The molecule has 3 aromatic carbocycles. The van der Waals surface area contributed by atoms with E-state index >= 15 is 0 Å². The van der Waals surface area contributed by atoms with E-state index in [0.717, 1.165) is 38.3 Å². The number of β-amino-alcohol motifs (C(OH)–C–C–N with tert-alkyl or cyclic N) is 1. The number of hydrogen-bond acceptors (Lipinski definition) is 4. The van der Waals surface area contributed by atoms with Crippen LogP contribution in [0.25, 0.3) is 0 Å². The molecule has 0 aromatic heterocycles. The van der Waals surface area contributed by atoms with Crippen molar-refractivity contribution in [3.05, 3.63) is 102 Å². The zero-order valence-electron chi connectivity index (χ0n) is 21.8. The minimum Gasteiger partial charge on any atom is -0.491 e. The molecule has 36 heavy (non-hydrogen) atoms. The van der Waals surface area contributed by atoms with Crippen molar-refractivity contribution in [3.8, 4) is 5.75 Å². The highest BCUT2D eigenvalue weighted by molar-refractivity contribution is 5.85. The fourth-order valence-electron chi connectivity index (χ4n) is 4.84. The summed E-state index contributed by atoms with van der Waals surface area (Å²) in [5.41, 5.74) is 4.14. The summed E-state index contributed by atoms with van der Waals surface area (Å²) in [6, 6.07) is 30.1. The van der Waals surface area contributed by atoms with E-state index in [1.54, 1.807) is 0 Å². The van der Waals surface area contributed by atoms with Gasteiger partial charge in [-0.15, -0.1) is 12.4 Å². The lowest BCUT2D eigenvalue weighted by molar-refractivity contribution is 0.0401. The fraction of sp³-hybridized carbons (Fsp3) is 0.419. The van der Waals surface area contributed by atoms with E-state index in [0.29, 0.717) is 13.2 Å². The number of piperazine rings is 1. The summed E-state index contributed by atoms with van der Waals surface area (Å²) in [5, 5.41) is 10.6. The zero-order chi connectivity index (χ0) is 24.7. The van der Waals surface area contributed by atoms with Crippen LogP contribution in [0.5, 0.6) is 5.75 Å². The van der Waals surface area contributed by atoms with E-state index in [1.165, 1.54) is 16.7 Å². The number of aliphatic hydroxyl groups is 1. The molecule has 0 saturated carbocycles. The first-order chi connectivity index (χ1) is 17.0. The van der Waals surface area contributed by atoms with E-state index in [-0.39, 0.29) is 23.9 Å². The lowest BCUT2D eigenvalue weighted by Gasteiger charge is -2.40. The van der Waals surface area contributed by atoms with Crippen molar-refractivity contribution in [1.29, 1.82) is 0 Å². The van der Waals surface area contributed by atoms with Crippen LogP contribution in [0.4, 0.5) is 0 Å². The Morgan fingerprint density at radius 3 is 1.83 bits per heavy atom. The number of benzene rings is 3. The van der Waals surface area contributed by atoms with E-state index in [9.17, 15) is 5.11 Å². The van der Waals surface area contributed by atoms with Gasteiger partial charge in [-0.25, -0.2) is 0 Å². The van der Waals surface area contributed by atoms with Crippen molar-refractivity contribution in [1.82, 2.24) is 9.80 Å². The van der Waals surface area contributed by atoms with E-state index in [1.807, 2.05) is 12.1 Å². The molecule has 0 spiro atoms. The van der Waals surface area contributed by atoms with E-state index in [2.05, 4.69) is 103 Å². The van der Waals surface area contributed by atoms with Crippen LogP contribution in [0.2, 0.25) is 0 Å². The molecule has 1 fully saturated rings. The van der Waals surface area contributed by atoms with Crippen LogP contribution < -0.4 is 4.74 Å². The molecule has 1 aliphatic rings. The molecular weight excluding hydrogens is 468 g/mol. The van der Waals surface area contributed by atoms with Gasteiger partial charge in [-0.1, -0.05) is 93.6 Å². The number of nitrogens with zero attached hydrogens (tertiary/aromatic N) is 2. The van der Waals surface area contributed by atoms with Crippen molar-refractivity contribution < 1.29 is 9.84 Å². The number of halogens is 1. The Morgan fingerprint density at radius 1 is 0.806 bits per heavy atom. The van der Waals surface area contributed by atoms with E-state index in [4.69, 9.17) is 4.74 Å². The molecule has 194 valence electrons. The summed E-state index contributed by atoms with van der Waals surface area (Å²) in [6.07, 6.45) is 0.587. The maximum absolute atomic E-state index is 10.6. The van der Waals surface area contributed by atoms with Crippen LogP contribution in [0.1, 0.15) is 49.9 Å². The summed E-state index contributed by atoms with van der Waals surface area (Å²) in [6.45, 7) is 11.5. The van der Waals surface area contributed by atoms with Gasteiger partial charge in [0.15, 0.2) is 0 Å². The SMILES string of the molecule is CCC(C)(C)c1ccc(OCC(O)CN2CCN(C(c3ccccc3)c3ccccc3)CC2)cc1.Cl. The summed E-state index contributed by atoms with van der Waals surface area (Å²) in [5.74, 6) is 0.818. The van der Waals surface area contributed by atoms with Gasteiger partial charge in [0.25, 0.3) is 0 Å². The Bertz CT molecular complexity index is 980. The first-order valence-corrected chi connectivity index (χ1v) is 12.9. The van der Waals surface area contributed by atoms with Crippen molar-refractivity contribution in [2.75, 3.05) is 39.3 Å². The highest BCUT2D eigenvalue weighted by atomic mass is 35.5. The molecule has 0 radical (unpaired) electrons. The van der Waals surface area contributed by atoms with Gasteiger partial charge in [0.05, 0.1) is 6.04 Å². The average molecular weight is 509 g/mol. The highest BCUT2D eigenvalue weighted by Crippen LogP contribution is 2.30. The molecular formula is C31H41ClN2O2. The Kier molecular flexibility index (Phi) is 10.4. The minimum absolute atomic E-state index is 0. The lowest BCUT2D eigenvalue weighted by Crippen LogP contribution is -2.50. The third kappa shape index (κ3) is 7.33. The normalized spacial score (nSPS) is 15.9. The monoisotopic (exact) mass is 508 g/mol. The summed E-state index contributed by atoms with van der Waals surface area (Å²) < 4.78 is 5.90. The van der Waals surface area contributed by atoms with Crippen LogP contribution in [0.15, 0.2) is 84.9 Å². The molecule has 1 heterocycles. The van der Waals surface area contributed by atoms with Crippen LogP contribution in [0, 0.1) is 0 Å². The van der Waals surface area contributed by atoms with Gasteiger partial charge in [-0.3, -0.25) is 9.80 Å². The number of hydrogen-bond donors (Lipinski definition) is 1. The summed E-state index contributed by atoms with van der Waals surface area (Å²) in [4.78, 5) is 4.91. The molecule has 4 rings (SSSR count). The van der Waals surface area contributed by atoms with Crippen molar-refractivity contribution in [2.45, 2.75) is 44.8 Å². The lowest BCUT2D eigenvalue weighted by atomic mass is 9.82. The third-order valence-electron chi connectivity index (χ3n) is 7.43. The molecule has 0 bridgehead atoms. The molecule has 1 atom stereocenters. The Hall–Kier alpha value is -2.37. The molecule has 1 aliphatic heterocycles.